The van der Waals surface area contributed by atoms with Gasteiger partial charge in [0.15, 0.2) is 6.04 Å². The molecule has 5 heteroatoms. The number of benzene rings is 2. The van der Waals surface area contributed by atoms with Crippen molar-refractivity contribution < 1.29 is 14.8 Å². The van der Waals surface area contributed by atoms with E-state index in [1.807, 2.05) is 30.3 Å². The fourth-order valence-corrected chi connectivity index (χ4v) is 3.65. The van der Waals surface area contributed by atoms with E-state index in [2.05, 4.69) is 10.6 Å². The molecule has 132 valence electrons. The molecule has 1 fully saturated rings. The van der Waals surface area contributed by atoms with Crippen LogP contribution in [0.3, 0.4) is 0 Å². The van der Waals surface area contributed by atoms with Crippen molar-refractivity contribution in [1.29, 1.82) is 0 Å². The first kappa shape index (κ1) is 17.8. The number of anilines is 1. The highest BCUT2D eigenvalue weighted by Crippen LogP contribution is 2.27. The Bertz CT molecular complexity index is 715. The number of methoxy groups -OCH3 is 1. The summed E-state index contributed by atoms with van der Waals surface area (Å²) in [5.41, 5.74) is 1.70. The van der Waals surface area contributed by atoms with Crippen LogP contribution in [0, 0.1) is 0 Å². The number of halogens is 1. The topological polar surface area (TPSA) is 54.9 Å². The van der Waals surface area contributed by atoms with Gasteiger partial charge in [-0.15, -0.1) is 0 Å². The van der Waals surface area contributed by atoms with E-state index < -0.39 is 0 Å². The van der Waals surface area contributed by atoms with Crippen LogP contribution in [0.5, 0.6) is 5.75 Å². The molecule has 0 aromatic heterocycles. The van der Waals surface area contributed by atoms with Gasteiger partial charge in [0.1, 0.15) is 5.75 Å². The highest BCUT2D eigenvalue weighted by Gasteiger charge is 2.29. The summed E-state index contributed by atoms with van der Waals surface area (Å²) in [5.74, 6) is 0.566. The molecule has 0 saturated heterocycles. The Morgan fingerprint density at radius 2 is 1.92 bits per heavy atom. The normalized spacial score (nSPS) is 15.8. The number of rotatable bonds is 6. The fraction of sp³-hybridized carbons (Fsp3) is 0.350. The second-order valence-electron chi connectivity index (χ2n) is 6.46. The monoisotopic (exact) mass is 359 g/mol. The lowest BCUT2D eigenvalue weighted by molar-refractivity contribution is -0.714. The van der Waals surface area contributed by atoms with Crippen LogP contribution in [-0.4, -0.2) is 19.1 Å². The number of ether oxygens (including phenoxy) is 1. The molecule has 0 heterocycles. The summed E-state index contributed by atoms with van der Waals surface area (Å²) >= 11 is 6.16. The van der Waals surface area contributed by atoms with E-state index in [1.54, 1.807) is 25.3 Å². The van der Waals surface area contributed by atoms with Crippen LogP contribution in [0.2, 0.25) is 5.02 Å². The molecule has 1 aliphatic carbocycles. The Labute approximate surface area is 153 Å². The molecule has 0 aliphatic heterocycles. The van der Waals surface area contributed by atoms with E-state index in [0.717, 1.165) is 5.56 Å². The van der Waals surface area contributed by atoms with Gasteiger partial charge in [0.2, 0.25) is 0 Å². The average molecular weight is 360 g/mol. The van der Waals surface area contributed by atoms with Gasteiger partial charge in [0, 0.05) is 11.3 Å². The SMILES string of the molecule is COc1ccc(NC(=O)[C@H]([NH2+]C2CCCC2)c2ccccc2)cc1Cl. The van der Waals surface area contributed by atoms with E-state index in [0.29, 0.717) is 22.5 Å². The van der Waals surface area contributed by atoms with E-state index >= 15 is 0 Å². The molecule has 3 N–H and O–H groups in total. The van der Waals surface area contributed by atoms with E-state index in [1.165, 1.54) is 25.7 Å². The van der Waals surface area contributed by atoms with Crippen LogP contribution < -0.4 is 15.4 Å². The number of amides is 1. The van der Waals surface area contributed by atoms with Crippen LogP contribution in [-0.2, 0) is 4.79 Å². The van der Waals surface area contributed by atoms with E-state index in [9.17, 15) is 4.79 Å². The molecule has 2 aromatic carbocycles. The van der Waals surface area contributed by atoms with Crippen molar-refractivity contribution in [1.82, 2.24) is 0 Å². The predicted octanol–water partition coefficient (Wildman–Crippen LogP) is 3.53. The molecule has 0 radical (unpaired) electrons. The standard InChI is InChI=1S/C20H23ClN2O2/c1-25-18-12-11-16(13-17(18)21)23-20(24)19(14-7-3-2-4-8-14)22-15-9-5-6-10-15/h2-4,7-8,11-13,15,19,22H,5-6,9-10H2,1H3,(H,23,24)/p+1/t19-/m1/s1. The van der Waals surface area contributed by atoms with Crippen LogP contribution in [0.4, 0.5) is 5.69 Å². The van der Waals surface area contributed by atoms with Gasteiger partial charge in [0.05, 0.1) is 18.2 Å². The Balaban J connectivity index is 1.77. The number of nitrogens with two attached hydrogens (primary N) is 1. The first-order valence-electron chi connectivity index (χ1n) is 8.71. The first-order chi connectivity index (χ1) is 12.2. The van der Waals surface area contributed by atoms with Gasteiger partial charge in [0.25, 0.3) is 5.91 Å². The summed E-state index contributed by atoms with van der Waals surface area (Å²) in [7, 11) is 1.57. The third kappa shape index (κ3) is 4.53. The van der Waals surface area contributed by atoms with Gasteiger partial charge >= 0.3 is 0 Å². The number of hydrogen-bond donors (Lipinski definition) is 2. The molecular weight excluding hydrogens is 336 g/mol. The third-order valence-corrected chi connectivity index (χ3v) is 5.02. The molecule has 1 atom stereocenters. The van der Waals surface area contributed by atoms with Crippen molar-refractivity contribution in [2.45, 2.75) is 37.8 Å². The zero-order chi connectivity index (χ0) is 17.6. The minimum atomic E-state index is -0.259. The Hall–Kier alpha value is -2.04. The number of carbonyl (C=O) groups is 1. The minimum Gasteiger partial charge on any atom is -0.495 e. The lowest BCUT2D eigenvalue weighted by Gasteiger charge is -2.20. The Kier molecular flexibility index (Phi) is 5.95. The van der Waals surface area contributed by atoms with Crippen LogP contribution >= 0.6 is 11.6 Å². The van der Waals surface area contributed by atoms with Crippen LogP contribution in [0.25, 0.3) is 0 Å². The van der Waals surface area contributed by atoms with Gasteiger partial charge in [-0.05, 0) is 43.9 Å². The molecule has 0 bridgehead atoms. The van der Waals surface area contributed by atoms with Gasteiger partial charge in [-0.2, -0.15) is 0 Å². The van der Waals surface area contributed by atoms with Crippen LogP contribution in [0.15, 0.2) is 48.5 Å². The fourth-order valence-electron chi connectivity index (χ4n) is 3.40. The molecule has 0 spiro atoms. The lowest BCUT2D eigenvalue weighted by Crippen LogP contribution is -2.92. The molecule has 2 aromatic rings. The minimum absolute atomic E-state index is 0.0284. The number of carbonyl (C=O) groups excluding carboxylic acids is 1. The van der Waals surface area contributed by atoms with Gasteiger partial charge in [-0.1, -0.05) is 41.9 Å². The zero-order valence-corrected chi connectivity index (χ0v) is 15.1. The maximum absolute atomic E-state index is 12.9. The summed E-state index contributed by atoms with van der Waals surface area (Å²) in [5, 5.41) is 5.69. The second-order valence-corrected chi connectivity index (χ2v) is 6.87. The quantitative estimate of drug-likeness (QED) is 0.828. The Morgan fingerprint density at radius 3 is 2.56 bits per heavy atom. The second kappa shape index (κ2) is 8.37. The summed E-state index contributed by atoms with van der Waals surface area (Å²) in [4.78, 5) is 12.9. The zero-order valence-electron chi connectivity index (χ0n) is 14.4. The molecule has 3 rings (SSSR count). The van der Waals surface area contributed by atoms with E-state index in [-0.39, 0.29) is 11.9 Å². The number of nitrogens with one attached hydrogen (secondary N) is 1. The average Bonchev–Trinajstić information content (AvgIpc) is 3.14. The highest BCUT2D eigenvalue weighted by molar-refractivity contribution is 6.32. The van der Waals surface area contributed by atoms with E-state index in [4.69, 9.17) is 16.3 Å². The maximum atomic E-state index is 12.9. The largest absolute Gasteiger partial charge is 0.495 e. The summed E-state index contributed by atoms with van der Waals surface area (Å²) in [6.07, 6.45) is 4.84. The predicted molar refractivity (Wildman–Crippen MR) is 100.0 cm³/mol. The molecule has 0 unspecified atom stereocenters. The number of quaternary nitrogens is 1. The summed E-state index contributed by atoms with van der Waals surface area (Å²) in [6.45, 7) is 0. The van der Waals surface area contributed by atoms with Crippen molar-refractivity contribution in [3.8, 4) is 5.75 Å². The Morgan fingerprint density at radius 1 is 1.20 bits per heavy atom. The van der Waals surface area contributed by atoms with Crippen LogP contribution in [0.1, 0.15) is 37.3 Å². The summed E-state index contributed by atoms with van der Waals surface area (Å²) < 4.78 is 5.16. The van der Waals surface area contributed by atoms with Crippen molar-refractivity contribution in [2.24, 2.45) is 0 Å². The third-order valence-electron chi connectivity index (χ3n) is 4.72. The maximum Gasteiger partial charge on any atom is 0.287 e. The first-order valence-corrected chi connectivity index (χ1v) is 9.09. The molecule has 1 amide bonds. The smallest absolute Gasteiger partial charge is 0.287 e. The molecular formula is C20H24ClN2O2+. The molecule has 1 aliphatic rings. The van der Waals surface area contributed by atoms with Crippen molar-refractivity contribution >= 4 is 23.2 Å². The summed E-state index contributed by atoms with van der Waals surface area (Å²) in [6, 6.07) is 15.5. The van der Waals surface area contributed by atoms with Crippen molar-refractivity contribution in [3.63, 3.8) is 0 Å². The molecule has 25 heavy (non-hydrogen) atoms. The molecule has 1 saturated carbocycles. The van der Waals surface area contributed by atoms with Crippen molar-refractivity contribution in [3.05, 3.63) is 59.1 Å². The lowest BCUT2D eigenvalue weighted by atomic mass is 10.0. The highest BCUT2D eigenvalue weighted by atomic mass is 35.5. The van der Waals surface area contributed by atoms with Gasteiger partial charge in [-0.25, -0.2) is 0 Å². The van der Waals surface area contributed by atoms with Gasteiger partial charge in [-0.3, -0.25) is 4.79 Å². The van der Waals surface area contributed by atoms with Crippen molar-refractivity contribution in [2.75, 3.05) is 12.4 Å². The van der Waals surface area contributed by atoms with Gasteiger partial charge < -0.3 is 15.4 Å². The number of hydrogen-bond acceptors (Lipinski definition) is 2. The molecule has 4 nitrogen and oxygen atoms in total.